The lowest BCUT2D eigenvalue weighted by Gasteiger charge is -2.10. The first-order chi connectivity index (χ1) is 7.44. The van der Waals surface area contributed by atoms with E-state index in [2.05, 4.69) is 25.4 Å². The summed E-state index contributed by atoms with van der Waals surface area (Å²) in [7, 11) is -3.54. The van der Waals surface area contributed by atoms with Crippen LogP contribution in [0.4, 0.5) is 5.69 Å². The highest BCUT2D eigenvalue weighted by atomic mass is 79.9. The van der Waals surface area contributed by atoms with Crippen LogP contribution in [0.2, 0.25) is 0 Å². The van der Waals surface area contributed by atoms with Gasteiger partial charge in [-0.25, -0.2) is 0 Å². The van der Waals surface area contributed by atoms with E-state index in [1.807, 2.05) is 19.1 Å². The molecule has 0 unspecified atom stereocenters. The molecule has 0 bridgehead atoms. The Kier molecular flexibility index (Phi) is 4.72. The van der Waals surface area contributed by atoms with Crippen LogP contribution < -0.4 is 15.2 Å². The van der Waals surface area contributed by atoms with Crippen molar-refractivity contribution in [1.29, 1.82) is 0 Å². The standard InChI is InChI=1S/C9H14BrN3O2S/c1-7-2-3-9(8(10)6-7)13-16(14,15)12-5-4-11/h2-3,6,12-13H,4-5,11H2,1H3. The zero-order chi connectivity index (χ0) is 12.2. The van der Waals surface area contributed by atoms with E-state index < -0.39 is 10.2 Å². The maximum absolute atomic E-state index is 11.5. The molecule has 4 N–H and O–H groups in total. The van der Waals surface area contributed by atoms with E-state index in [1.54, 1.807) is 6.07 Å². The SMILES string of the molecule is Cc1ccc(NS(=O)(=O)NCCN)c(Br)c1. The molecule has 7 heteroatoms. The second-order valence-electron chi connectivity index (χ2n) is 3.27. The van der Waals surface area contributed by atoms with Crippen molar-refractivity contribution >= 4 is 31.8 Å². The van der Waals surface area contributed by atoms with Crippen molar-refractivity contribution in [3.8, 4) is 0 Å². The third-order valence-corrected chi connectivity index (χ3v) is 3.53. The number of nitrogens with two attached hydrogens (primary N) is 1. The van der Waals surface area contributed by atoms with Gasteiger partial charge in [0.2, 0.25) is 0 Å². The smallest absolute Gasteiger partial charge is 0.299 e. The molecule has 5 nitrogen and oxygen atoms in total. The van der Waals surface area contributed by atoms with Crippen LogP contribution in [0.3, 0.4) is 0 Å². The van der Waals surface area contributed by atoms with Gasteiger partial charge in [0, 0.05) is 17.6 Å². The fraction of sp³-hybridized carbons (Fsp3) is 0.333. The van der Waals surface area contributed by atoms with Crippen LogP contribution in [0.1, 0.15) is 5.56 Å². The number of hydrogen-bond donors (Lipinski definition) is 3. The predicted octanol–water partition coefficient (Wildman–Crippen LogP) is 0.963. The highest BCUT2D eigenvalue weighted by molar-refractivity contribution is 9.10. The molecule has 0 radical (unpaired) electrons. The minimum atomic E-state index is -3.54. The quantitative estimate of drug-likeness (QED) is 0.757. The molecule has 90 valence electrons. The molecule has 0 spiro atoms. The van der Waals surface area contributed by atoms with Gasteiger partial charge >= 0.3 is 0 Å². The monoisotopic (exact) mass is 307 g/mol. The number of rotatable bonds is 5. The highest BCUT2D eigenvalue weighted by Gasteiger charge is 2.10. The van der Waals surface area contributed by atoms with Gasteiger partial charge in [0.1, 0.15) is 0 Å². The van der Waals surface area contributed by atoms with Gasteiger partial charge in [-0.05, 0) is 40.5 Å². The summed E-state index contributed by atoms with van der Waals surface area (Å²) in [4.78, 5) is 0. The zero-order valence-corrected chi connectivity index (χ0v) is 11.2. The average Bonchev–Trinajstić information content (AvgIpc) is 2.19. The molecule has 0 atom stereocenters. The number of hydrogen-bond acceptors (Lipinski definition) is 3. The van der Waals surface area contributed by atoms with Gasteiger partial charge in [0.25, 0.3) is 10.2 Å². The molecular weight excluding hydrogens is 294 g/mol. The maximum Gasteiger partial charge on any atom is 0.299 e. The van der Waals surface area contributed by atoms with Crippen LogP contribution in [-0.4, -0.2) is 21.5 Å². The summed E-state index contributed by atoms with van der Waals surface area (Å²) in [5.41, 5.74) is 6.76. The molecule has 0 saturated heterocycles. The van der Waals surface area contributed by atoms with Crippen molar-refractivity contribution in [2.75, 3.05) is 17.8 Å². The van der Waals surface area contributed by atoms with Crippen molar-refractivity contribution in [3.63, 3.8) is 0 Å². The molecule has 0 fully saturated rings. The Hall–Kier alpha value is -0.630. The minimum absolute atomic E-state index is 0.207. The Bertz CT molecular complexity index is 462. The molecular formula is C9H14BrN3O2S. The molecule has 0 aliphatic rings. The first kappa shape index (κ1) is 13.4. The van der Waals surface area contributed by atoms with Gasteiger partial charge in [-0.3, -0.25) is 4.72 Å². The van der Waals surface area contributed by atoms with Crippen molar-refractivity contribution in [2.45, 2.75) is 6.92 Å². The Balaban J connectivity index is 2.80. The number of nitrogens with one attached hydrogen (secondary N) is 2. The largest absolute Gasteiger partial charge is 0.329 e. The lowest BCUT2D eigenvalue weighted by atomic mass is 10.2. The number of halogens is 1. The average molecular weight is 308 g/mol. The summed E-state index contributed by atoms with van der Waals surface area (Å²) in [5, 5.41) is 0. The second kappa shape index (κ2) is 5.62. The highest BCUT2D eigenvalue weighted by Crippen LogP contribution is 2.23. The normalized spacial score (nSPS) is 11.4. The fourth-order valence-electron chi connectivity index (χ4n) is 1.08. The Morgan fingerprint density at radius 1 is 1.44 bits per heavy atom. The van der Waals surface area contributed by atoms with E-state index in [4.69, 9.17) is 5.73 Å². The number of anilines is 1. The molecule has 16 heavy (non-hydrogen) atoms. The maximum atomic E-state index is 11.5. The summed E-state index contributed by atoms with van der Waals surface area (Å²) >= 11 is 3.29. The van der Waals surface area contributed by atoms with Gasteiger partial charge in [-0.2, -0.15) is 13.1 Å². The lowest BCUT2D eigenvalue weighted by Crippen LogP contribution is -2.34. The first-order valence-corrected chi connectivity index (χ1v) is 6.96. The van der Waals surface area contributed by atoms with Crippen LogP contribution in [-0.2, 0) is 10.2 Å². The fourth-order valence-corrected chi connectivity index (χ4v) is 2.73. The molecule has 0 heterocycles. The van der Waals surface area contributed by atoms with E-state index in [-0.39, 0.29) is 13.1 Å². The van der Waals surface area contributed by atoms with Gasteiger partial charge in [-0.15, -0.1) is 0 Å². The van der Waals surface area contributed by atoms with E-state index in [0.717, 1.165) is 5.56 Å². The Morgan fingerprint density at radius 2 is 2.12 bits per heavy atom. The summed E-state index contributed by atoms with van der Waals surface area (Å²) in [6, 6.07) is 5.35. The van der Waals surface area contributed by atoms with Gasteiger partial charge in [-0.1, -0.05) is 6.07 Å². The Morgan fingerprint density at radius 3 is 2.69 bits per heavy atom. The second-order valence-corrected chi connectivity index (χ2v) is 5.63. The van der Waals surface area contributed by atoms with Crippen LogP contribution >= 0.6 is 15.9 Å². The van der Waals surface area contributed by atoms with E-state index >= 15 is 0 Å². The van der Waals surface area contributed by atoms with E-state index in [9.17, 15) is 8.42 Å². The molecule has 0 aliphatic carbocycles. The van der Waals surface area contributed by atoms with E-state index in [1.165, 1.54) is 0 Å². The van der Waals surface area contributed by atoms with Crippen LogP contribution in [0, 0.1) is 6.92 Å². The summed E-state index contributed by atoms with van der Waals surface area (Å²) in [5.74, 6) is 0. The third-order valence-electron chi connectivity index (χ3n) is 1.81. The molecule has 1 rings (SSSR count). The first-order valence-electron chi connectivity index (χ1n) is 4.68. The Labute approximate surface area is 104 Å². The molecule has 0 amide bonds. The predicted molar refractivity (Wildman–Crippen MR) is 68.5 cm³/mol. The topological polar surface area (TPSA) is 84.2 Å². The number of aryl methyl sites for hydroxylation is 1. The molecule has 0 aliphatic heterocycles. The van der Waals surface area contributed by atoms with Crippen molar-refractivity contribution < 1.29 is 8.42 Å². The zero-order valence-electron chi connectivity index (χ0n) is 8.83. The van der Waals surface area contributed by atoms with Gasteiger partial charge < -0.3 is 5.73 Å². The summed E-state index contributed by atoms with van der Waals surface area (Å²) in [6.45, 7) is 2.39. The minimum Gasteiger partial charge on any atom is -0.329 e. The molecule has 0 saturated carbocycles. The van der Waals surface area contributed by atoms with Crippen molar-refractivity contribution in [2.24, 2.45) is 5.73 Å². The molecule has 1 aromatic rings. The number of benzene rings is 1. The van der Waals surface area contributed by atoms with Crippen molar-refractivity contribution in [1.82, 2.24) is 4.72 Å². The van der Waals surface area contributed by atoms with Gasteiger partial charge in [0.05, 0.1) is 5.69 Å². The van der Waals surface area contributed by atoms with Crippen LogP contribution in [0.25, 0.3) is 0 Å². The summed E-state index contributed by atoms with van der Waals surface area (Å²) < 4.78 is 28.4. The molecule has 0 aromatic heterocycles. The van der Waals surface area contributed by atoms with Crippen LogP contribution in [0.15, 0.2) is 22.7 Å². The third kappa shape index (κ3) is 4.09. The van der Waals surface area contributed by atoms with Crippen molar-refractivity contribution in [3.05, 3.63) is 28.2 Å². The van der Waals surface area contributed by atoms with Gasteiger partial charge in [0.15, 0.2) is 0 Å². The lowest BCUT2D eigenvalue weighted by molar-refractivity contribution is 0.587. The van der Waals surface area contributed by atoms with E-state index in [0.29, 0.717) is 10.2 Å². The van der Waals surface area contributed by atoms with Crippen LogP contribution in [0.5, 0.6) is 0 Å². The summed E-state index contributed by atoms with van der Waals surface area (Å²) in [6.07, 6.45) is 0. The molecule has 1 aromatic carbocycles.